The molecule has 2 aromatic rings. The minimum Gasteiger partial charge on any atom is -0.461 e. The molecule has 1 aromatic carbocycles. The van der Waals surface area contributed by atoms with E-state index in [9.17, 15) is 4.79 Å². The zero-order chi connectivity index (χ0) is 18.8. The Hall–Kier alpha value is -2.12. The van der Waals surface area contributed by atoms with E-state index in [4.69, 9.17) is 28.6 Å². The molecule has 1 aliphatic heterocycles. The van der Waals surface area contributed by atoms with Crippen molar-refractivity contribution in [3.63, 3.8) is 0 Å². The summed E-state index contributed by atoms with van der Waals surface area (Å²) < 4.78 is 6.89. The molecule has 0 amide bonds. The second-order valence-corrected chi connectivity index (χ2v) is 7.00. The van der Waals surface area contributed by atoms with Gasteiger partial charge in [0, 0.05) is 48.5 Å². The Bertz CT molecular complexity index is 865. The molecular weight excluding hydrogens is 372 g/mol. The van der Waals surface area contributed by atoms with Gasteiger partial charge in [-0.1, -0.05) is 11.6 Å². The number of benzene rings is 1. The fourth-order valence-corrected chi connectivity index (χ4v) is 3.58. The van der Waals surface area contributed by atoms with Crippen molar-refractivity contribution in [1.29, 1.82) is 0 Å². The molecule has 0 atom stereocenters. The molecule has 3 rings (SSSR count). The number of fused-ring (bicyclic) bond motifs is 1. The molecular formula is C18H21ClN4O2S. The number of hydrogen-bond acceptors (Lipinski definition) is 4. The zero-order valence-corrected chi connectivity index (χ0v) is 16.6. The van der Waals surface area contributed by atoms with Crippen molar-refractivity contribution in [2.24, 2.45) is 7.05 Å². The molecule has 0 fully saturated rings. The van der Waals surface area contributed by atoms with Crippen LogP contribution in [0.5, 0.6) is 0 Å². The van der Waals surface area contributed by atoms with Crippen LogP contribution in [0.3, 0.4) is 0 Å². The standard InChI is InChI=1S/C18H21ClN4O2S/c1-4-25-17(24)16-13-10-23(8-7-15(13)22(3)21-16)18(26)20-14-6-5-12(19)9-11(14)2/h5-6,9H,4,7-8,10H2,1-3H3,(H,20,26). The number of halogens is 1. The first-order valence-electron chi connectivity index (χ1n) is 8.44. The van der Waals surface area contributed by atoms with Gasteiger partial charge in [0.1, 0.15) is 0 Å². The lowest BCUT2D eigenvalue weighted by Gasteiger charge is -2.30. The predicted octanol–water partition coefficient (Wildman–Crippen LogP) is 3.31. The molecule has 0 unspecified atom stereocenters. The summed E-state index contributed by atoms with van der Waals surface area (Å²) in [4.78, 5) is 14.2. The summed E-state index contributed by atoms with van der Waals surface area (Å²) in [5, 5.41) is 8.93. The van der Waals surface area contributed by atoms with Crippen LogP contribution in [0.2, 0.25) is 5.02 Å². The summed E-state index contributed by atoms with van der Waals surface area (Å²) in [5.41, 5.74) is 4.25. The maximum absolute atomic E-state index is 12.2. The van der Waals surface area contributed by atoms with Gasteiger partial charge in [-0.05, 0) is 49.8 Å². The molecule has 1 aromatic heterocycles. The summed E-state index contributed by atoms with van der Waals surface area (Å²) in [6, 6.07) is 5.63. The first-order chi connectivity index (χ1) is 12.4. The fourth-order valence-electron chi connectivity index (χ4n) is 3.09. The number of esters is 1. The number of nitrogens with zero attached hydrogens (tertiary/aromatic N) is 3. The molecule has 26 heavy (non-hydrogen) atoms. The van der Waals surface area contributed by atoms with Gasteiger partial charge in [-0.25, -0.2) is 4.79 Å². The van der Waals surface area contributed by atoms with Gasteiger partial charge >= 0.3 is 5.97 Å². The average Bonchev–Trinajstić information content (AvgIpc) is 2.94. The molecule has 138 valence electrons. The van der Waals surface area contributed by atoms with Crippen molar-refractivity contribution in [3.8, 4) is 0 Å². The van der Waals surface area contributed by atoms with Gasteiger partial charge in [-0.2, -0.15) is 5.10 Å². The summed E-state index contributed by atoms with van der Waals surface area (Å²) in [7, 11) is 1.85. The quantitative estimate of drug-likeness (QED) is 0.638. The molecule has 0 saturated carbocycles. The number of thiocarbonyl (C=S) groups is 1. The van der Waals surface area contributed by atoms with Crippen LogP contribution in [0.1, 0.15) is 34.2 Å². The minimum absolute atomic E-state index is 0.323. The van der Waals surface area contributed by atoms with Crippen LogP contribution in [-0.4, -0.2) is 38.9 Å². The molecule has 0 spiro atoms. The Morgan fingerprint density at radius 1 is 1.46 bits per heavy atom. The van der Waals surface area contributed by atoms with E-state index in [2.05, 4.69) is 10.4 Å². The van der Waals surface area contributed by atoms with Gasteiger partial charge in [0.2, 0.25) is 0 Å². The van der Waals surface area contributed by atoms with Crippen LogP contribution in [0, 0.1) is 6.92 Å². The summed E-state index contributed by atoms with van der Waals surface area (Å²) in [6.07, 6.45) is 0.764. The molecule has 8 heteroatoms. The van der Waals surface area contributed by atoms with Crippen LogP contribution in [0.15, 0.2) is 18.2 Å². The zero-order valence-electron chi connectivity index (χ0n) is 15.0. The monoisotopic (exact) mass is 392 g/mol. The number of hydrogen-bond donors (Lipinski definition) is 1. The lowest BCUT2D eigenvalue weighted by molar-refractivity contribution is 0.0516. The topological polar surface area (TPSA) is 59.4 Å². The SMILES string of the molecule is CCOC(=O)c1nn(C)c2c1CN(C(=S)Nc1ccc(Cl)cc1C)CC2. The molecule has 0 aliphatic carbocycles. The first-order valence-corrected chi connectivity index (χ1v) is 9.23. The van der Waals surface area contributed by atoms with E-state index in [0.717, 1.165) is 35.5 Å². The van der Waals surface area contributed by atoms with Gasteiger partial charge in [-0.3, -0.25) is 4.68 Å². The van der Waals surface area contributed by atoms with E-state index in [1.165, 1.54) is 0 Å². The van der Waals surface area contributed by atoms with E-state index in [-0.39, 0.29) is 0 Å². The van der Waals surface area contributed by atoms with Crippen molar-refractivity contribution in [2.75, 3.05) is 18.5 Å². The van der Waals surface area contributed by atoms with Crippen molar-refractivity contribution in [2.45, 2.75) is 26.8 Å². The lowest BCUT2D eigenvalue weighted by Crippen LogP contribution is -2.39. The third kappa shape index (κ3) is 3.68. The number of rotatable bonds is 3. The van der Waals surface area contributed by atoms with Gasteiger partial charge in [0.15, 0.2) is 10.8 Å². The Morgan fingerprint density at radius 2 is 2.23 bits per heavy atom. The number of ether oxygens (including phenoxy) is 1. The van der Waals surface area contributed by atoms with Crippen molar-refractivity contribution in [1.82, 2.24) is 14.7 Å². The summed E-state index contributed by atoms with van der Waals surface area (Å²) >= 11 is 11.6. The largest absolute Gasteiger partial charge is 0.461 e. The average molecular weight is 393 g/mol. The molecule has 0 saturated heterocycles. The van der Waals surface area contributed by atoms with Crippen molar-refractivity contribution >= 4 is 40.6 Å². The smallest absolute Gasteiger partial charge is 0.359 e. The predicted molar refractivity (Wildman–Crippen MR) is 106 cm³/mol. The number of aryl methyl sites for hydroxylation is 2. The molecule has 6 nitrogen and oxygen atoms in total. The van der Waals surface area contributed by atoms with Gasteiger partial charge in [-0.15, -0.1) is 0 Å². The highest BCUT2D eigenvalue weighted by atomic mass is 35.5. The maximum atomic E-state index is 12.2. The summed E-state index contributed by atoms with van der Waals surface area (Å²) in [5.74, 6) is -0.390. The molecule has 1 aliphatic rings. The third-order valence-electron chi connectivity index (χ3n) is 4.43. The van der Waals surface area contributed by atoms with Crippen LogP contribution in [0.25, 0.3) is 0 Å². The Balaban J connectivity index is 1.79. The van der Waals surface area contributed by atoms with Crippen LogP contribution in [-0.2, 0) is 24.8 Å². The number of nitrogens with one attached hydrogen (secondary N) is 1. The second-order valence-electron chi connectivity index (χ2n) is 6.18. The van der Waals surface area contributed by atoms with E-state index >= 15 is 0 Å². The van der Waals surface area contributed by atoms with Crippen LogP contribution >= 0.6 is 23.8 Å². The highest BCUT2D eigenvalue weighted by molar-refractivity contribution is 7.80. The minimum atomic E-state index is -0.390. The molecule has 1 N–H and O–H groups in total. The normalized spacial score (nSPS) is 13.3. The van der Waals surface area contributed by atoms with Gasteiger partial charge in [0.05, 0.1) is 6.61 Å². The number of anilines is 1. The Labute approximate surface area is 163 Å². The van der Waals surface area contributed by atoms with Crippen LogP contribution < -0.4 is 5.32 Å². The number of carbonyl (C=O) groups excluding carboxylic acids is 1. The Kier molecular flexibility index (Phi) is 5.48. The molecule has 0 bridgehead atoms. The molecule has 2 heterocycles. The van der Waals surface area contributed by atoms with E-state index < -0.39 is 5.97 Å². The van der Waals surface area contributed by atoms with E-state index in [1.54, 1.807) is 11.6 Å². The third-order valence-corrected chi connectivity index (χ3v) is 5.02. The highest BCUT2D eigenvalue weighted by Crippen LogP contribution is 2.25. The van der Waals surface area contributed by atoms with Crippen LogP contribution in [0.4, 0.5) is 5.69 Å². The maximum Gasteiger partial charge on any atom is 0.359 e. The highest BCUT2D eigenvalue weighted by Gasteiger charge is 2.29. The fraction of sp³-hybridized carbons (Fsp3) is 0.389. The van der Waals surface area contributed by atoms with Gasteiger partial charge < -0.3 is 15.0 Å². The van der Waals surface area contributed by atoms with Crippen molar-refractivity contribution in [3.05, 3.63) is 45.7 Å². The number of aromatic nitrogens is 2. The van der Waals surface area contributed by atoms with E-state index in [0.29, 0.717) is 29.0 Å². The number of carbonyl (C=O) groups is 1. The van der Waals surface area contributed by atoms with Gasteiger partial charge in [0.25, 0.3) is 0 Å². The van der Waals surface area contributed by atoms with Crippen molar-refractivity contribution < 1.29 is 9.53 Å². The first kappa shape index (κ1) is 18.7. The summed E-state index contributed by atoms with van der Waals surface area (Å²) in [6.45, 7) is 5.37. The molecule has 0 radical (unpaired) electrons. The lowest BCUT2D eigenvalue weighted by atomic mass is 10.1. The second kappa shape index (κ2) is 7.63. The van der Waals surface area contributed by atoms with E-state index in [1.807, 2.05) is 37.1 Å². The Morgan fingerprint density at radius 3 is 2.92 bits per heavy atom.